The molecule has 7 nitrogen and oxygen atoms in total. The monoisotopic (exact) mass is 318 g/mol. The number of azide groups is 1. The third-order valence-electron chi connectivity index (χ3n) is 3.90. The molecule has 1 unspecified atom stereocenters. The average molecular weight is 318 g/mol. The molecule has 0 aromatic heterocycles. The first-order chi connectivity index (χ1) is 11.2. The first kappa shape index (κ1) is 17.0. The van der Waals surface area contributed by atoms with E-state index in [4.69, 9.17) is 15.0 Å². The molecule has 0 spiro atoms. The molecule has 1 aliphatic heterocycles. The second kappa shape index (κ2) is 8.29. The summed E-state index contributed by atoms with van der Waals surface area (Å²) in [6.07, 6.45) is 1.22. The van der Waals surface area contributed by atoms with E-state index in [9.17, 15) is 4.79 Å². The van der Waals surface area contributed by atoms with Crippen molar-refractivity contribution in [1.29, 1.82) is 0 Å². The van der Waals surface area contributed by atoms with Gasteiger partial charge in [-0.05, 0) is 42.5 Å². The van der Waals surface area contributed by atoms with Gasteiger partial charge in [0.15, 0.2) is 11.5 Å². The number of carbonyl (C=O) groups is 1. The Kier molecular flexibility index (Phi) is 6.11. The minimum Gasteiger partial charge on any atom is -0.493 e. The fraction of sp³-hybridized carbons (Fsp3) is 0.562. The van der Waals surface area contributed by atoms with Crippen molar-refractivity contribution < 1.29 is 14.3 Å². The Bertz CT molecular complexity index is 599. The van der Waals surface area contributed by atoms with Gasteiger partial charge >= 0.3 is 0 Å². The van der Waals surface area contributed by atoms with E-state index in [2.05, 4.69) is 10.0 Å². The van der Waals surface area contributed by atoms with E-state index in [1.165, 1.54) is 0 Å². The van der Waals surface area contributed by atoms with Gasteiger partial charge in [-0.25, -0.2) is 0 Å². The summed E-state index contributed by atoms with van der Waals surface area (Å²) in [4.78, 5) is 16.6. The number of hydrogen-bond donors (Lipinski definition) is 0. The number of likely N-dealkylation sites (tertiary alicyclic amines) is 1. The Morgan fingerprint density at radius 2 is 2.26 bits per heavy atom. The topological polar surface area (TPSA) is 87.5 Å². The average Bonchev–Trinajstić information content (AvgIpc) is 2.92. The van der Waals surface area contributed by atoms with E-state index in [-0.39, 0.29) is 11.8 Å². The van der Waals surface area contributed by atoms with Gasteiger partial charge in [0.25, 0.3) is 0 Å². The van der Waals surface area contributed by atoms with Crippen molar-refractivity contribution in [3.05, 3.63) is 34.2 Å². The maximum Gasteiger partial charge on any atom is 0.222 e. The van der Waals surface area contributed by atoms with Crippen LogP contribution < -0.4 is 9.47 Å². The highest BCUT2D eigenvalue weighted by atomic mass is 16.5. The largest absolute Gasteiger partial charge is 0.493 e. The highest BCUT2D eigenvalue weighted by molar-refractivity contribution is 5.78. The van der Waals surface area contributed by atoms with Crippen LogP contribution in [0.3, 0.4) is 0 Å². The molecule has 0 saturated carbocycles. The molecule has 0 bridgehead atoms. The van der Waals surface area contributed by atoms with Crippen LogP contribution >= 0.6 is 0 Å². The van der Waals surface area contributed by atoms with Crippen molar-refractivity contribution in [3.8, 4) is 11.5 Å². The predicted molar refractivity (Wildman–Crippen MR) is 86.6 cm³/mol. The van der Waals surface area contributed by atoms with Crippen molar-refractivity contribution in [2.24, 2.45) is 11.0 Å². The molecule has 23 heavy (non-hydrogen) atoms. The van der Waals surface area contributed by atoms with Crippen molar-refractivity contribution in [3.63, 3.8) is 0 Å². The Hall–Kier alpha value is -2.40. The third-order valence-corrected chi connectivity index (χ3v) is 3.90. The number of carbonyl (C=O) groups excluding carboxylic acids is 1. The summed E-state index contributed by atoms with van der Waals surface area (Å²) in [6.45, 7) is 4.22. The number of amides is 1. The summed E-state index contributed by atoms with van der Waals surface area (Å²) in [5.74, 6) is 1.69. The van der Waals surface area contributed by atoms with E-state index < -0.39 is 0 Å². The number of ether oxygens (including phenoxy) is 2. The molecule has 1 aliphatic rings. The summed E-state index contributed by atoms with van der Waals surface area (Å²) in [5.41, 5.74) is 9.45. The summed E-state index contributed by atoms with van der Waals surface area (Å²) in [7, 11) is 1.62. The fourth-order valence-electron chi connectivity index (χ4n) is 2.75. The van der Waals surface area contributed by atoms with Crippen LogP contribution in [-0.2, 0) is 11.2 Å². The van der Waals surface area contributed by atoms with Gasteiger partial charge in [-0.2, -0.15) is 0 Å². The summed E-state index contributed by atoms with van der Waals surface area (Å²) >= 11 is 0. The van der Waals surface area contributed by atoms with Gasteiger partial charge < -0.3 is 14.4 Å². The van der Waals surface area contributed by atoms with E-state index >= 15 is 0 Å². The zero-order valence-corrected chi connectivity index (χ0v) is 13.6. The zero-order chi connectivity index (χ0) is 16.7. The van der Waals surface area contributed by atoms with Crippen molar-refractivity contribution in [2.45, 2.75) is 19.8 Å². The van der Waals surface area contributed by atoms with Crippen LogP contribution in [0.5, 0.6) is 11.5 Å². The molecule has 1 fully saturated rings. The smallest absolute Gasteiger partial charge is 0.222 e. The Balaban J connectivity index is 1.93. The lowest BCUT2D eigenvalue weighted by atomic mass is 10.1. The molecule has 1 heterocycles. The van der Waals surface area contributed by atoms with Crippen LogP contribution in [0.15, 0.2) is 23.3 Å². The second-order valence-corrected chi connectivity index (χ2v) is 5.49. The predicted octanol–water partition coefficient (Wildman–Crippen LogP) is 2.80. The molecule has 0 radical (unpaired) electrons. The minimum atomic E-state index is 0.126. The Morgan fingerprint density at radius 3 is 2.96 bits per heavy atom. The molecule has 2 rings (SSSR count). The highest BCUT2D eigenvalue weighted by Gasteiger charge is 2.28. The second-order valence-electron chi connectivity index (χ2n) is 5.49. The minimum absolute atomic E-state index is 0.126. The highest BCUT2D eigenvalue weighted by Crippen LogP contribution is 2.28. The van der Waals surface area contributed by atoms with Crippen LogP contribution in [0, 0.1) is 5.92 Å². The molecule has 7 heteroatoms. The number of rotatable bonds is 8. The SMILES string of the molecule is CCOc1ccc(CCN2CC(CN=[N+]=[N-])CC2=O)cc1OC. The molecule has 0 N–H and O–H groups in total. The number of hydrogen-bond acceptors (Lipinski definition) is 4. The van der Waals surface area contributed by atoms with Gasteiger partial charge in [0.05, 0.1) is 13.7 Å². The quantitative estimate of drug-likeness (QED) is 0.419. The zero-order valence-electron chi connectivity index (χ0n) is 13.6. The van der Waals surface area contributed by atoms with Crippen molar-refractivity contribution >= 4 is 5.91 Å². The molecule has 124 valence electrons. The summed E-state index contributed by atoms with van der Waals surface area (Å²) < 4.78 is 10.8. The lowest BCUT2D eigenvalue weighted by Gasteiger charge is -2.17. The maximum absolute atomic E-state index is 12.0. The van der Waals surface area contributed by atoms with E-state index in [0.29, 0.717) is 38.4 Å². The van der Waals surface area contributed by atoms with Crippen molar-refractivity contribution in [1.82, 2.24) is 4.90 Å². The standard InChI is InChI=1S/C16H22N4O3/c1-3-23-14-5-4-12(8-15(14)22-2)6-7-20-11-13(9-16(20)21)10-18-19-17/h4-5,8,13H,3,6-7,9-11H2,1-2H3. The van der Waals surface area contributed by atoms with Crippen LogP contribution in [0.25, 0.3) is 10.4 Å². The van der Waals surface area contributed by atoms with E-state index in [0.717, 1.165) is 17.7 Å². The lowest BCUT2D eigenvalue weighted by Crippen LogP contribution is -2.27. The van der Waals surface area contributed by atoms with Crippen LogP contribution in [0.1, 0.15) is 18.9 Å². The van der Waals surface area contributed by atoms with Gasteiger partial charge in [-0.3, -0.25) is 4.79 Å². The molecule has 1 aromatic carbocycles. The summed E-state index contributed by atoms with van der Waals surface area (Å²) in [5, 5.41) is 3.56. The van der Waals surface area contributed by atoms with E-state index in [1.807, 2.05) is 30.0 Å². The molecule has 1 aromatic rings. The Labute approximate surface area is 135 Å². The third kappa shape index (κ3) is 4.53. The molecule has 0 aliphatic carbocycles. The molecule has 1 atom stereocenters. The van der Waals surface area contributed by atoms with Gasteiger partial charge in [-0.1, -0.05) is 11.2 Å². The van der Waals surface area contributed by atoms with Gasteiger partial charge in [0.1, 0.15) is 0 Å². The normalized spacial score (nSPS) is 17.0. The Morgan fingerprint density at radius 1 is 1.43 bits per heavy atom. The fourth-order valence-corrected chi connectivity index (χ4v) is 2.75. The van der Waals surface area contributed by atoms with E-state index in [1.54, 1.807) is 7.11 Å². The van der Waals surface area contributed by atoms with Crippen molar-refractivity contribution in [2.75, 3.05) is 33.4 Å². The number of methoxy groups -OCH3 is 1. The molecular formula is C16H22N4O3. The molecule has 1 amide bonds. The lowest BCUT2D eigenvalue weighted by molar-refractivity contribution is -0.127. The number of benzene rings is 1. The van der Waals surface area contributed by atoms with Crippen LogP contribution in [-0.4, -0.2) is 44.2 Å². The van der Waals surface area contributed by atoms with Crippen LogP contribution in [0.4, 0.5) is 0 Å². The first-order valence-electron chi connectivity index (χ1n) is 7.76. The summed E-state index contributed by atoms with van der Waals surface area (Å²) in [6, 6.07) is 5.84. The van der Waals surface area contributed by atoms with Gasteiger partial charge in [0.2, 0.25) is 5.91 Å². The molecular weight excluding hydrogens is 296 g/mol. The maximum atomic E-state index is 12.0. The molecule has 1 saturated heterocycles. The van der Waals surface area contributed by atoms with Gasteiger partial charge in [-0.15, -0.1) is 0 Å². The first-order valence-corrected chi connectivity index (χ1v) is 7.76. The number of nitrogens with zero attached hydrogens (tertiary/aromatic N) is 4. The van der Waals surface area contributed by atoms with Crippen LogP contribution in [0.2, 0.25) is 0 Å². The van der Waals surface area contributed by atoms with Gasteiger partial charge in [0, 0.05) is 31.0 Å².